The summed E-state index contributed by atoms with van der Waals surface area (Å²) in [7, 11) is 0. The second kappa shape index (κ2) is 73.6. The number of carbonyl (C=O) groups excluding carboxylic acids is 1. The lowest BCUT2D eigenvalue weighted by Crippen LogP contribution is -2.60. The molecular weight excluding hydrogens is 1190 g/mol. The molecular formula is C85H167NO10. The van der Waals surface area contributed by atoms with E-state index in [1.807, 2.05) is 0 Å². The van der Waals surface area contributed by atoms with Crippen molar-refractivity contribution in [1.29, 1.82) is 0 Å². The average molecular weight is 1360 g/mol. The van der Waals surface area contributed by atoms with E-state index in [0.717, 1.165) is 32.1 Å². The minimum Gasteiger partial charge on any atom is -0.394 e. The molecule has 96 heavy (non-hydrogen) atoms. The summed E-state index contributed by atoms with van der Waals surface area (Å²) >= 11 is 0. The molecule has 11 nitrogen and oxygen atoms in total. The molecule has 9 unspecified atom stereocenters. The second-order valence-corrected chi connectivity index (χ2v) is 30.6. The maximum Gasteiger partial charge on any atom is 0.249 e. The molecule has 0 saturated carbocycles. The summed E-state index contributed by atoms with van der Waals surface area (Å²) in [6.45, 7) is 3.53. The van der Waals surface area contributed by atoms with Gasteiger partial charge in [-0.2, -0.15) is 0 Å². The molecule has 0 aromatic rings. The van der Waals surface area contributed by atoms with E-state index < -0.39 is 74.2 Å². The van der Waals surface area contributed by atoms with Gasteiger partial charge in [-0.15, -0.1) is 0 Å². The van der Waals surface area contributed by atoms with E-state index in [1.54, 1.807) is 0 Å². The monoisotopic (exact) mass is 1360 g/mol. The number of rotatable bonds is 78. The van der Waals surface area contributed by atoms with Crippen LogP contribution in [0.2, 0.25) is 0 Å². The molecule has 8 N–H and O–H groups in total. The minimum atomic E-state index is -1.67. The molecule has 1 aliphatic rings. The Hall–Kier alpha value is -1.15. The zero-order valence-electron chi connectivity index (χ0n) is 63.9. The highest BCUT2D eigenvalue weighted by Gasteiger charge is 2.44. The summed E-state index contributed by atoms with van der Waals surface area (Å²) in [4.78, 5) is 13.3. The van der Waals surface area contributed by atoms with Gasteiger partial charge in [-0.25, -0.2) is 0 Å². The van der Waals surface area contributed by atoms with Gasteiger partial charge < -0.3 is 50.5 Å². The Morgan fingerprint density at radius 2 is 0.615 bits per heavy atom. The Morgan fingerprint density at radius 3 is 0.896 bits per heavy atom. The lowest BCUT2D eigenvalue weighted by atomic mass is 9.98. The number of carbonyl (C=O) groups is 1. The van der Waals surface area contributed by atoms with Gasteiger partial charge in [-0.3, -0.25) is 4.79 Å². The van der Waals surface area contributed by atoms with Crippen molar-refractivity contribution in [3.63, 3.8) is 0 Å². The number of ether oxygens (including phenoxy) is 2. The normalized spacial score (nSPS) is 18.0. The van der Waals surface area contributed by atoms with E-state index >= 15 is 0 Å². The van der Waals surface area contributed by atoms with Crippen molar-refractivity contribution >= 4 is 5.91 Å². The number of unbranched alkanes of at least 4 members (excludes halogenated alkanes) is 64. The summed E-state index contributed by atoms with van der Waals surface area (Å²) in [6, 6.07) is -1.18. The Bertz CT molecular complexity index is 1570. The minimum absolute atomic E-state index is 0.260. The quantitative estimate of drug-likeness (QED) is 0.0215. The molecule has 1 amide bonds. The van der Waals surface area contributed by atoms with Gasteiger partial charge in [-0.05, 0) is 38.5 Å². The van der Waals surface area contributed by atoms with E-state index in [-0.39, 0.29) is 12.8 Å². The van der Waals surface area contributed by atoms with Crippen LogP contribution in [0.25, 0.3) is 0 Å². The second-order valence-electron chi connectivity index (χ2n) is 30.6. The molecule has 9 atom stereocenters. The molecule has 0 aromatic carbocycles. The van der Waals surface area contributed by atoms with Crippen LogP contribution in [0.1, 0.15) is 457 Å². The Balaban J connectivity index is 2.09. The largest absolute Gasteiger partial charge is 0.394 e. The molecule has 1 saturated heterocycles. The van der Waals surface area contributed by atoms with Crippen LogP contribution < -0.4 is 5.32 Å². The van der Waals surface area contributed by atoms with Gasteiger partial charge in [0, 0.05) is 0 Å². The number of nitrogens with one attached hydrogen (secondary N) is 1. The van der Waals surface area contributed by atoms with E-state index in [9.17, 15) is 40.5 Å². The van der Waals surface area contributed by atoms with E-state index in [4.69, 9.17) is 9.47 Å². The molecule has 1 aliphatic heterocycles. The van der Waals surface area contributed by atoms with Crippen LogP contribution in [0, 0.1) is 0 Å². The number of allylic oxidation sites excluding steroid dienone is 2. The number of amides is 1. The first-order chi connectivity index (χ1) is 47.2. The SMILES string of the molecule is CCCCCCCCCCCCCCCCCCCCCCCCCCCC/C=C/CCCC(O)C(O)C(COC1OC(CO)C(O)C(O)C1O)NC(=O)C(O)CCCCCCCCCCCCCCCCCCCCCCCCCCCCCCCCCCCCCCCC. The molecule has 0 aromatic heterocycles. The van der Waals surface area contributed by atoms with Crippen LogP contribution >= 0.6 is 0 Å². The summed E-state index contributed by atoms with van der Waals surface area (Å²) in [6.07, 6.45) is 83.7. The number of hydrogen-bond donors (Lipinski definition) is 8. The summed E-state index contributed by atoms with van der Waals surface area (Å²) in [5, 5.41) is 76.8. The Kier molecular flexibility index (Phi) is 71.2. The number of aliphatic hydroxyl groups is 7. The van der Waals surface area contributed by atoms with Crippen molar-refractivity contribution in [2.75, 3.05) is 13.2 Å². The first-order valence-electron chi connectivity index (χ1n) is 43.1. The van der Waals surface area contributed by atoms with Crippen LogP contribution in [0.3, 0.4) is 0 Å². The number of aliphatic hydroxyl groups excluding tert-OH is 7. The third kappa shape index (κ3) is 59.4. The summed E-state index contributed by atoms with van der Waals surface area (Å²) < 4.78 is 11.2. The Labute approximate surface area is 595 Å². The predicted molar refractivity (Wildman–Crippen MR) is 409 cm³/mol. The molecule has 0 spiro atoms. The van der Waals surface area contributed by atoms with Crippen LogP contribution in [0.15, 0.2) is 12.2 Å². The van der Waals surface area contributed by atoms with Crippen molar-refractivity contribution in [3.8, 4) is 0 Å². The van der Waals surface area contributed by atoms with E-state index in [1.165, 1.54) is 385 Å². The van der Waals surface area contributed by atoms with Crippen LogP contribution in [-0.2, 0) is 14.3 Å². The van der Waals surface area contributed by atoms with Crippen LogP contribution in [0.4, 0.5) is 0 Å². The van der Waals surface area contributed by atoms with Gasteiger partial charge in [0.1, 0.15) is 36.6 Å². The van der Waals surface area contributed by atoms with Gasteiger partial charge in [0.05, 0.1) is 25.4 Å². The smallest absolute Gasteiger partial charge is 0.249 e. The molecule has 0 bridgehead atoms. The van der Waals surface area contributed by atoms with Crippen molar-refractivity contribution in [2.24, 2.45) is 0 Å². The van der Waals surface area contributed by atoms with Crippen LogP contribution in [0.5, 0.6) is 0 Å². The topological polar surface area (TPSA) is 189 Å². The summed E-state index contributed by atoms with van der Waals surface area (Å²) in [5.41, 5.74) is 0. The fourth-order valence-electron chi connectivity index (χ4n) is 14.5. The van der Waals surface area contributed by atoms with Gasteiger partial charge in [-0.1, -0.05) is 431 Å². The fourth-order valence-corrected chi connectivity index (χ4v) is 14.5. The molecule has 1 heterocycles. The lowest BCUT2D eigenvalue weighted by molar-refractivity contribution is -0.303. The lowest BCUT2D eigenvalue weighted by Gasteiger charge is -2.40. The van der Waals surface area contributed by atoms with Gasteiger partial charge in [0.15, 0.2) is 6.29 Å². The van der Waals surface area contributed by atoms with Crippen molar-refractivity contribution in [1.82, 2.24) is 5.32 Å². The van der Waals surface area contributed by atoms with Gasteiger partial charge >= 0.3 is 0 Å². The molecule has 1 rings (SSSR count). The van der Waals surface area contributed by atoms with Gasteiger partial charge in [0.2, 0.25) is 5.91 Å². The van der Waals surface area contributed by atoms with Crippen molar-refractivity contribution < 1.29 is 50.0 Å². The van der Waals surface area contributed by atoms with Crippen molar-refractivity contribution in [2.45, 2.75) is 512 Å². The van der Waals surface area contributed by atoms with E-state index in [2.05, 4.69) is 31.3 Å². The van der Waals surface area contributed by atoms with Crippen molar-refractivity contribution in [3.05, 3.63) is 12.2 Å². The van der Waals surface area contributed by atoms with E-state index in [0.29, 0.717) is 12.8 Å². The maximum absolute atomic E-state index is 13.3. The number of hydrogen-bond acceptors (Lipinski definition) is 10. The average Bonchev–Trinajstić information content (AvgIpc) is 1.24. The highest BCUT2D eigenvalue weighted by atomic mass is 16.7. The predicted octanol–water partition coefficient (Wildman–Crippen LogP) is 22.9. The molecule has 572 valence electrons. The zero-order valence-corrected chi connectivity index (χ0v) is 63.9. The highest BCUT2D eigenvalue weighted by molar-refractivity contribution is 5.80. The third-order valence-corrected chi connectivity index (χ3v) is 21.3. The first-order valence-corrected chi connectivity index (χ1v) is 43.1. The molecule has 0 aliphatic carbocycles. The molecule has 1 fully saturated rings. The standard InChI is InChI=1S/C85H167NO10/c1-3-5-7-9-11-13-15-17-19-21-23-25-27-29-31-33-35-36-37-38-39-40-41-43-45-47-49-51-53-55-57-59-61-63-65-67-69-71-73-78(89)84(94)86-76(75-95-85-83(93)82(92)81(91)79(74-87)96-85)80(90)77(88)72-70-68-66-64-62-60-58-56-54-52-50-48-46-44-42-34-32-30-28-26-24-22-20-18-16-14-12-10-8-6-4-2/h64,66,76-83,85,87-93H,3-63,65,67-75H2,1-2H3,(H,86,94)/b66-64+. The fraction of sp³-hybridized carbons (Fsp3) is 0.965. The molecule has 11 heteroatoms. The first kappa shape index (κ1) is 92.9. The van der Waals surface area contributed by atoms with Gasteiger partial charge in [0.25, 0.3) is 0 Å². The Morgan fingerprint density at radius 1 is 0.354 bits per heavy atom. The third-order valence-electron chi connectivity index (χ3n) is 21.3. The summed E-state index contributed by atoms with van der Waals surface area (Å²) in [5.74, 6) is -0.695. The highest BCUT2D eigenvalue weighted by Crippen LogP contribution is 2.25. The zero-order chi connectivity index (χ0) is 69.5. The van der Waals surface area contributed by atoms with Crippen LogP contribution in [-0.4, -0.2) is 110 Å². The molecule has 0 radical (unpaired) electrons. The maximum atomic E-state index is 13.3.